The van der Waals surface area contributed by atoms with Gasteiger partial charge in [-0.15, -0.1) is 0 Å². The molecule has 0 unspecified atom stereocenters. The van der Waals surface area contributed by atoms with Crippen molar-refractivity contribution in [2.45, 2.75) is 6.42 Å². The van der Waals surface area contributed by atoms with E-state index >= 15 is 0 Å². The lowest BCUT2D eigenvalue weighted by Gasteiger charge is -2.05. The topological polar surface area (TPSA) is 73.6 Å². The van der Waals surface area contributed by atoms with Crippen LogP contribution in [0.25, 0.3) is 11.0 Å². The lowest BCUT2D eigenvalue weighted by molar-refractivity contribution is 0.482. The fourth-order valence-corrected chi connectivity index (χ4v) is 4.19. The first kappa shape index (κ1) is 19.8. The number of benzene rings is 3. The molecule has 0 saturated carbocycles. The second-order valence-corrected chi connectivity index (χ2v) is 8.13. The third-order valence-corrected chi connectivity index (χ3v) is 5.76. The normalized spacial score (nSPS) is 11.7. The third-order valence-electron chi connectivity index (χ3n) is 4.80. The van der Waals surface area contributed by atoms with Gasteiger partial charge in [0.25, 0.3) is 11.1 Å². The van der Waals surface area contributed by atoms with Crippen LogP contribution in [0.3, 0.4) is 0 Å². The molecule has 2 aromatic heterocycles. The van der Waals surface area contributed by atoms with Gasteiger partial charge in [-0.2, -0.15) is 14.6 Å². The highest BCUT2D eigenvalue weighted by Gasteiger charge is 2.11. The Morgan fingerprint density at radius 1 is 0.875 bits per heavy atom. The Kier molecular flexibility index (Phi) is 5.31. The Hall–Kier alpha value is -4.10. The van der Waals surface area contributed by atoms with Crippen molar-refractivity contribution in [2.75, 3.05) is 0 Å². The Morgan fingerprint density at radius 2 is 1.59 bits per heavy atom. The highest BCUT2D eigenvalue weighted by molar-refractivity contribution is 7.15. The summed E-state index contributed by atoms with van der Waals surface area (Å²) in [6.45, 7) is 0. The Bertz CT molecular complexity index is 1560. The first-order chi connectivity index (χ1) is 15.7. The number of hydrogen-bond donors (Lipinski definition) is 0. The molecule has 0 saturated heterocycles. The third kappa shape index (κ3) is 4.19. The van der Waals surface area contributed by atoms with E-state index in [4.69, 9.17) is 4.74 Å². The summed E-state index contributed by atoms with van der Waals surface area (Å²) in [7, 11) is 0. The molecular formula is C25H17N3O3S. The number of ether oxygens (including phenoxy) is 1. The molecule has 0 bridgehead atoms. The lowest BCUT2D eigenvalue weighted by Crippen LogP contribution is -2.28. The summed E-state index contributed by atoms with van der Waals surface area (Å²) in [5, 5.41) is 4.30. The van der Waals surface area contributed by atoms with Crippen LogP contribution >= 0.6 is 11.3 Å². The van der Waals surface area contributed by atoms with Crippen molar-refractivity contribution in [1.29, 1.82) is 0 Å². The molecule has 0 fully saturated rings. The molecule has 32 heavy (non-hydrogen) atoms. The number of thiazole rings is 1. The van der Waals surface area contributed by atoms with Gasteiger partial charge in [-0.1, -0.05) is 72.0 Å². The van der Waals surface area contributed by atoms with Gasteiger partial charge in [-0.05, 0) is 41.5 Å². The average molecular weight is 439 g/mol. The minimum atomic E-state index is -0.417. The van der Waals surface area contributed by atoms with Gasteiger partial charge in [0.2, 0.25) is 4.96 Å². The van der Waals surface area contributed by atoms with Crippen molar-refractivity contribution in [1.82, 2.24) is 14.6 Å². The van der Waals surface area contributed by atoms with Crippen molar-refractivity contribution < 1.29 is 4.74 Å². The maximum Gasteiger partial charge on any atom is 0.296 e. The predicted molar refractivity (Wildman–Crippen MR) is 124 cm³/mol. The number of rotatable bonds is 5. The van der Waals surface area contributed by atoms with Crippen LogP contribution in [0.1, 0.15) is 16.8 Å². The quantitative estimate of drug-likeness (QED) is 0.419. The highest BCUT2D eigenvalue weighted by atomic mass is 32.1. The maximum absolute atomic E-state index is 12.9. The molecule has 5 rings (SSSR count). The van der Waals surface area contributed by atoms with Crippen LogP contribution in [0.15, 0.2) is 94.5 Å². The minimum absolute atomic E-state index is 0.244. The van der Waals surface area contributed by atoms with E-state index < -0.39 is 5.56 Å². The van der Waals surface area contributed by atoms with Crippen LogP contribution in [-0.4, -0.2) is 14.6 Å². The Balaban J connectivity index is 1.51. The van der Waals surface area contributed by atoms with E-state index in [0.717, 1.165) is 28.2 Å². The van der Waals surface area contributed by atoms with E-state index in [9.17, 15) is 9.59 Å². The smallest absolute Gasteiger partial charge is 0.296 e. The zero-order valence-corrected chi connectivity index (χ0v) is 17.7. The van der Waals surface area contributed by atoms with Crippen molar-refractivity contribution in [3.05, 3.63) is 127 Å². The largest absolute Gasteiger partial charge is 0.457 e. The highest BCUT2D eigenvalue weighted by Crippen LogP contribution is 2.22. The first-order valence-electron chi connectivity index (χ1n) is 9.97. The fraction of sp³-hybridized carbons (Fsp3) is 0.0400. The lowest BCUT2D eigenvalue weighted by atomic mass is 10.1. The molecule has 156 valence electrons. The molecule has 0 spiro atoms. The number of aromatic nitrogens is 3. The van der Waals surface area contributed by atoms with Crippen LogP contribution in [0.5, 0.6) is 11.5 Å². The molecule has 2 heterocycles. The summed E-state index contributed by atoms with van der Waals surface area (Å²) < 4.78 is 7.52. The van der Waals surface area contributed by atoms with Crippen LogP contribution in [-0.2, 0) is 6.42 Å². The van der Waals surface area contributed by atoms with Gasteiger partial charge in [0.1, 0.15) is 17.2 Å². The van der Waals surface area contributed by atoms with E-state index in [-0.39, 0.29) is 16.2 Å². The Labute approximate surface area is 186 Å². The second-order valence-electron chi connectivity index (χ2n) is 7.12. The van der Waals surface area contributed by atoms with Crippen molar-refractivity contribution >= 4 is 22.4 Å². The Morgan fingerprint density at radius 3 is 2.38 bits per heavy atom. The van der Waals surface area contributed by atoms with E-state index in [2.05, 4.69) is 10.1 Å². The molecule has 5 aromatic rings. The number of fused-ring (bicyclic) bond motifs is 1. The average Bonchev–Trinajstić information content (AvgIpc) is 3.10. The van der Waals surface area contributed by atoms with Gasteiger partial charge in [0.05, 0.1) is 4.53 Å². The van der Waals surface area contributed by atoms with Crippen LogP contribution in [0.2, 0.25) is 0 Å². The summed E-state index contributed by atoms with van der Waals surface area (Å²) in [5.41, 5.74) is 1.26. The summed E-state index contributed by atoms with van der Waals surface area (Å²) in [6, 6.07) is 26.4. The van der Waals surface area contributed by atoms with Gasteiger partial charge in [-0.3, -0.25) is 9.59 Å². The van der Waals surface area contributed by atoms with E-state index in [0.29, 0.717) is 16.7 Å². The van der Waals surface area contributed by atoms with E-state index in [1.807, 2.05) is 84.9 Å². The summed E-state index contributed by atoms with van der Waals surface area (Å²) in [6.07, 6.45) is 2.07. The molecule has 0 atom stereocenters. The monoisotopic (exact) mass is 439 g/mol. The predicted octanol–water partition coefficient (Wildman–Crippen LogP) is 3.44. The fourth-order valence-electron chi connectivity index (χ4n) is 3.28. The van der Waals surface area contributed by atoms with Gasteiger partial charge in [0, 0.05) is 6.42 Å². The molecule has 3 aromatic carbocycles. The molecule has 0 radical (unpaired) electrons. The molecule has 6 nitrogen and oxygen atoms in total. The summed E-state index contributed by atoms with van der Waals surface area (Å²) in [5.74, 6) is 1.39. The van der Waals surface area contributed by atoms with Gasteiger partial charge in [0.15, 0.2) is 0 Å². The van der Waals surface area contributed by atoms with Crippen molar-refractivity contribution in [3.8, 4) is 11.5 Å². The number of hydrogen-bond acceptors (Lipinski definition) is 6. The van der Waals surface area contributed by atoms with Crippen LogP contribution < -0.4 is 20.4 Å². The maximum atomic E-state index is 12.9. The zero-order valence-electron chi connectivity index (χ0n) is 16.8. The molecule has 7 heteroatoms. The molecular weight excluding hydrogens is 422 g/mol. The van der Waals surface area contributed by atoms with Crippen molar-refractivity contribution in [2.24, 2.45) is 0 Å². The first-order valence-corrected chi connectivity index (χ1v) is 10.8. The van der Waals surface area contributed by atoms with Crippen LogP contribution in [0.4, 0.5) is 0 Å². The minimum Gasteiger partial charge on any atom is -0.457 e. The number of nitrogens with zero attached hydrogens (tertiary/aromatic N) is 3. The molecule has 0 N–H and O–H groups in total. The summed E-state index contributed by atoms with van der Waals surface area (Å²) in [4.78, 5) is 29.7. The molecule has 0 aliphatic rings. The van der Waals surface area contributed by atoms with E-state index in [1.165, 1.54) is 4.52 Å². The molecule has 0 aliphatic heterocycles. The van der Waals surface area contributed by atoms with Crippen molar-refractivity contribution in [3.63, 3.8) is 0 Å². The second kappa shape index (κ2) is 8.56. The SMILES string of the molecule is O=c1nc2s/c(=C\c3cccc(Oc4ccccc4)c3)c(=O)n2nc1Cc1ccccc1. The van der Waals surface area contributed by atoms with Crippen LogP contribution in [0, 0.1) is 0 Å². The molecule has 0 aliphatic carbocycles. The summed E-state index contributed by atoms with van der Waals surface area (Å²) >= 11 is 1.14. The van der Waals surface area contributed by atoms with E-state index in [1.54, 1.807) is 6.08 Å². The van der Waals surface area contributed by atoms with Gasteiger partial charge < -0.3 is 4.74 Å². The zero-order chi connectivity index (χ0) is 21.9. The van der Waals surface area contributed by atoms with Gasteiger partial charge >= 0.3 is 0 Å². The standard InChI is InChI=1S/C25H17N3O3S/c29-23-21(15-17-8-3-1-4-9-17)27-28-24(30)22(32-25(28)26-23)16-18-10-7-13-20(14-18)31-19-11-5-2-6-12-19/h1-14,16H,15H2/b22-16-. The number of para-hydroxylation sites is 1. The molecule has 0 amide bonds. The van der Waals surface area contributed by atoms with Gasteiger partial charge in [-0.25, -0.2) is 0 Å².